The molecule has 1 aromatic rings. The molecule has 0 unspecified atom stereocenters. The molecule has 0 saturated carbocycles. The third-order valence-electron chi connectivity index (χ3n) is 3.65. The van der Waals surface area contributed by atoms with E-state index in [2.05, 4.69) is 11.8 Å². The topological polar surface area (TPSA) is 46.4 Å². The minimum Gasteiger partial charge on any atom is -0.296 e. The van der Waals surface area contributed by atoms with Gasteiger partial charge in [0.15, 0.2) is 0 Å². The molecule has 18 heavy (non-hydrogen) atoms. The van der Waals surface area contributed by atoms with E-state index in [0.29, 0.717) is 6.04 Å². The van der Waals surface area contributed by atoms with Crippen molar-refractivity contribution in [3.8, 4) is 0 Å². The third-order valence-corrected chi connectivity index (χ3v) is 3.65. The summed E-state index contributed by atoms with van der Waals surface area (Å²) in [5, 5.41) is 10.6. The van der Waals surface area contributed by atoms with Gasteiger partial charge in [0.25, 0.3) is 5.69 Å². The van der Waals surface area contributed by atoms with E-state index in [1.165, 1.54) is 31.2 Å². The van der Waals surface area contributed by atoms with Gasteiger partial charge in [0.1, 0.15) is 0 Å². The maximum absolute atomic E-state index is 10.6. The molecule has 1 fully saturated rings. The number of nitro groups is 1. The van der Waals surface area contributed by atoms with Gasteiger partial charge in [0.05, 0.1) is 4.92 Å². The van der Waals surface area contributed by atoms with Crippen molar-refractivity contribution in [2.24, 2.45) is 0 Å². The lowest BCUT2D eigenvalue weighted by atomic mass is 10.1. The molecule has 1 saturated heterocycles. The molecule has 0 radical (unpaired) electrons. The van der Waals surface area contributed by atoms with E-state index < -0.39 is 0 Å². The first kappa shape index (κ1) is 13.0. The van der Waals surface area contributed by atoms with Gasteiger partial charge >= 0.3 is 0 Å². The number of benzene rings is 1. The van der Waals surface area contributed by atoms with Crippen LogP contribution in [-0.4, -0.2) is 22.4 Å². The zero-order valence-corrected chi connectivity index (χ0v) is 10.8. The highest BCUT2D eigenvalue weighted by atomic mass is 16.6. The van der Waals surface area contributed by atoms with E-state index in [1.807, 2.05) is 12.1 Å². The maximum atomic E-state index is 10.6. The SMILES string of the molecule is CCC[C@@H]1CCCN1Cc1ccc([N+](=O)[O-])cc1. The first-order valence-electron chi connectivity index (χ1n) is 6.68. The van der Waals surface area contributed by atoms with E-state index in [4.69, 9.17) is 0 Å². The van der Waals surface area contributed by atoms with Crippen LogP contribution >= 0.6 is 0 Å². The first-order chi connectivity index (χ1) is 8.70. The molecule has 4 heteroatoms. The van der Waals surface area contributed by atoms with Crippen LogP contribution in [0.2, 0.25) is 0 Å². The smallest absolute Gasteiger partial charge is 0.269 e. The molecule has 0 aromatic heterocycles. The Balaban J connectivity index is 1.98. The number of hydrogen-bond donors (Lipinski definition) is 0. The van der Waals surface area contributed by atoms with Crippen LogP contribution in [0.1, 0.15) is 38.2 Å². The molecule has 0 aliphatic carbocycles. The highest BCUT2D eigenvalue weighted by Gasteiger charge is 2.23. The largest absolute Gasteiger partial charge is 0.296 e. The summed E-state index contributed by atoms with van der Waals surface area (Å²) in [6, 6.07) is 7.64. The van der Waals surface area contributed by atoms with Crippen LogP contribution in [-0.2, 0) is 6.54 Å². The molecule has 98 valence electrons. The highest BCUT2D eigenvalue weighted by molar-refractivity contribution is 5.32. The first-order valence-corrected chi connectivity index (χ1v) is 6.68. The maximum Gasteiger partial charge on any atom is 0.269 e. The molecular formula is C14H20N2O2. The van der Waals surface area contributed by atoms with Crippen molar-refractivity contribution in [3.05, 3.63) is 39.9 Å². The second-order valence-electron chi connectivity index (χ2n) is 4.98. The van der Waals surface area contributed by atoms with Gasteiger partial charge < -0.3 is 0 Å². The second-order valence-corrected chi connectivity index (χ2v) is 4.98. The molecule has 0 amide bonds. The molecule has 1 aromatic carbocycles. The monoisotopic (exact) mass is 248 g/mol. The fourth-order valence-electron chi connectivity index (χ4n) is 2.72. The Kier molecular flexibility index (Phi) is 4.31. The number of rotatable bonds is 5. The molecule has 1 atom stereocenters. The zero-order valence-electron chi connectivity index (χ0n) is 10.8. The van der Waals surface area contributed by atoms with Crippen LogP contribution in [0.5, 0.6) is 0 Å². The van der Waals surface area contributed by atoms with Gasteiger partial charge in [-0.25, -0.2) is 0 Å². The molecule has 4 nitrogen and oxygen atoms in total. The van der Waals surface area contributed by atoms with Crippen molar-refractivity contribution >= 4 is 5.69 Å². The summed E-state index contributed by atoms with van der Waals surface area (Å²) in [4.78, 5) is 12.7. The summed E-state index contributed by atoms with van der Waals surface area (Å²) in [6.07, 6.45) is 5.05. The van der Waals surface area contributed by atoms with E-state index >= 15 is 0 Å². The van der Waals surface area contributed by atoms with Crippen LogP contribution in [0.15, 0.2) is 24.3 Å². The Morgan fingerprint density at radius 2 is 2.11 bits per heavy atom. The highest BCUT2D eigenvalue weighted by Crippen LogP contribution is 2.24. The molecule has 0 spiro atoms. The molecule has 1 heterocycles. The minimum absolute atomic E-state index is 0.172. The van der Waals surface area contributed by atoms with Gasteiger partial charge in [-0.1, -0.05) is 25.5 Å². The number of likely N-dealkylation sites (tertiary alicyclic amines) is 1. The molecule has 0 N–H and O–H groups in total. The Labute approximate surface area is 108 Å². The summed E-state index contributed by atoms with van der Waals surface area (Å²) in [7, 11) is 0. The quantitative estimate of drug-likeness (QED) is 0.593. The van der Waals surface area contributed by atoms with Crippen molar-refractivity contribution in [2.75, 3.05) is 6.54 Å². The molecule has 2 rings (SSSR count). The molecule has 1 aliphatic heterocycles. The molecule has 1 aliphatic rings. The van der Waals surface area contributed by atoms with Gasteiger partial charge in [0.2, 0.25) is 0 Å². The fraction of sp³-hybridized carbons (Fsp3) is 0.571. The van der Waals surface area contributed by atoms with Gasteiger partial charge in [-0.15, -0.1) is 0 Å². The minimum atomic E-state index is -0.348. The summed E-state index contributed by atoms with van der Waals surface area (Å²) >= 11 is 0. The summed E-state index contributed by atoms with van der Waals surface area (Å²) in [6.45, 7) is 4.30. The number of hydrogen-bond acceptors (Lipinski definition) is 3. The van der Waals surface area contributed by atoms with Crippen LogP contribution < -0.4 is 0 Å². The summed E-state index contributed by atoms with van der Waals surface area (Å²) in [5.41, 5.74) is 1.34. The summed E-state index contributed by atoms with van der Waals surface area (Å²) in [5.74, 6) is 0. The summed E-state index contributed by atoms with van der Waals surface area (Å²) < 4.78 is 0. The predicted octanol–water partition coefficient (Wildman–Crippen LogP) is 3.36. The van der Waals surface area contributed by atoms with E-state index in [-0.39, 0.29) is 10.6 Å². The zero-order chi connectivity index (χ0) is 13.0. The van der Waals surface area contributed by atoms with Gasteiger partial charge in [-0.3, -0.25) is 15.0 Å². The third kappa shape index (κ3) is 3.07. The Morgan fingerprint density at radius 1 is 1.39 bits per heavy atom. The van der Waals surface area contributed by atoms with E-state index in [1.54, 1.807) is 12.1 Å². The molecule has 0 bridgehead atoms. The van der Waals surface area contributed by atoms with Crippen LogP contribution in [0.25, 0.3) is 0 Å². The lowest BCUT2D eigenvalue weighted by Crippen LogP contribution is -2.28. The fourth-order valence-corrected chi connectivity index (χ4v) is 2.72. The van der Waals surface area contributed by atoms with Gasteiger partial charge in [-0.05, 0) is 31.4 Å². The number of nitro benzene ring substituents is 1. The second kappa shape index (κ2) is 5.96. The van der Waals surface area contributed by atoms with Gasteiger partial charge in [0, 0.05) is 24.7 Å². The van der Waals surface area contributed by atoms with Crippen molar-refractivity contribution in [1.82, 2.24) is 4.90 Å². The number of non-ortho nitro benzene ring substituents is 1. The Morgan fingerprint density at radius 3 is 2.72 bits per heavy atom. The Hall–Kier alpha value is -1.42. The standard InChI is InChI=1S/C14H20N2O2/c1-2-4-13-5-3-10-15(13)11-12-6-8-14(9-7-12)16(17)18/h6-9,13H,2-5,10-11H2,1H3/t13-/m1/s1. The van der Waals surface area contributed by atoms with Crippen molar-refractivity contribution in [3.63, 3.8) is 0 Å². The lowest BCUT2D eigenvalue weighted by Gasteiger charge is -2.24. The van der Waals surface area contributed by atoms with Crippen LogP contribution in [0, 0.1) is 10.1 Å². The normalized spacial score (nSPS) is 20.2. The average Bonchev–Trinajstić information content (AvgIpc) is 2.78. The van der Waals surface area contributed by atoms with Crippen LogP contribution in [0.4, 0.5) is 5.69 Å². The van der Waals surface area contributed by atoms with Crippen LogP contribution in [0.3, 0.4) is 0 Å². The van der Waals surface area contributed by atoms with Crippen molar-refractivity contribution in [1.29, 1.82) is 0 Å². The van der Waals surface area contributed by atoms with Crippen molar-refractivity contribution < 1.29 is 4.92 Å². The molecular weight excluding hydrogens is 228 g/mol. The van der Waals surface area contributed by atoms with E-state index in [0.717, 1.165) is 13.1 Å². The average molecular weight is 248 g/mol. The Bertz CT molecular complexity index is 403. The van der Waals surface area contributed by atoms with Crippen molar-refractivity contribution in [2.45, 2.75) is 45.2 Å². The predicted molar refractivity (Wildman–Crippen MR) is 71.4 cm³/mol. The lowest BCUT2D eigenvalue weighted by molar-refractivity contribution is -0.384. The van der Waals surface area contributed by atoms with E-state index in [9.17, 15) is 10.1 Å². The number of nitrogens with zero attached hydrogens (tertiary/aromatic N) is 2. The van der Waals surface area contributed by atoms with Gasteiger partial charge in [-0.2, -0.15) is 0 Å².